The van der Waals surface area contributed by atoms with Crippen molar-refractivity contribution in [2.75, 3.05) is 6.54 Å². The summed E-state index contributed by atoms with van der Waals surface area (Å²) in [6.45, 7) is 1.64. The molecule has 0 aliphatic carbocycles. The van der Waals surface area contributed by atoms with Crippen molar-refractivity contribution in [3.8, 4) is 0 Å². The number of carbonyl (C=O) groups is 1. The number of hydrogen-bond acceptors (Lipinski definition) is 4. The second-order valence-electron chi connectivity index (χ2n) is 6.80. The predicted molar refractivity (Wildman–Crippen MR) is 107 cm³/mol. The van der Waals surface area contributed by atoms with Crippen LogP contribution in [0, 0.1) is 5.82 Å². The number of nitrogens with zero attached hydrogens (tertiary/aromatic N) is 5. The Bertz CT molecular complexity index is 989. The highest BCUT2D eigenvalue weighted by molar-refractivity contribution is 6.07. The SMILES string of the molecule is O=C1NC(=NCc2cccnc2)C(c2cccc(F)c2)N1CCCn1ccnc1. The minimum atomic E-state index is -0.447. The number of amidine groups is 1. The van der Waals surface area contributed by atoms with Gasteiger partial charge in [-0.2, -0.15) is 0 Å². The lowest BCUT2D eigenvalue weighted by atomic mass is 10.0. The number of nitrogens with one attached hydrogen (secondary N) is 1. The average Bonchev–Trinajstić information content (AvgIpc) is 3.35. The minimum Gasteiger partial charge on any atom is -0.337 e. The number of halogens is 1. The molecule has 2 aromatic heterocycles. The Hall–Kier alpha value is -3.55. The lowest BCUT2D eigenvalue weighted by molar-refractivity contribution is 0.204. The summed E-state index contributed by atoms with van der Waals surface area (Å²) in [5, 5.41) is 2.86. The molecule has 3 heterocycles. The van der Waals surface area contributed by atoms with Gasteiger partial charge in [0, 0.05) is 37.9 Å². The summed E-state index contributed by atoms with van der Waals surface area (Å²) < 4.78 is 15.8. The van der Waals surface area contributed by atoms with E-state index in [1.807, 2.05) is 29.0 Å². The molecule has 4 rings (SSSR count). The van der Waals surface area contributed by atoms with E-state index in [2.05, 4.69) is 20.3 Å². The van der Waals surface area contributed by atoms with Crippen LogP contribution in [0.15, 0.2) is 72.5 Å². The normalized spacial score (nSPS) is 17.7. The van der Waals surface area contributed by atoms with Gasteiger partial charge in [0.05, 0.1) is 12.9 Å². The number of rotatable bonds is 7. The van der Waals surface area contributed by atoms with Crippen molar-refractivity contribution in [2.45, 2.75) is 25.6 Å². The van der Waals surface area contributed by atoms with Gasteiger partial charge < -0.3 is 9.47 Å². The summed E-state index contributed by atoms with van der Waals surface area (Å²) in [6.07, 6.45) is 9.53. The Morgan fingerprint density at radius 1 is 1.14 bits per heavy atom. The van der Waals surface area contributed by atoms with E-state index in [9.17, 15) is 9.18 Å². The second kappa shape index (κ2) is 8.64. The molecule has 1 aliphatic rings. The molecule has 0 radical (unpaired) electrons. The van der Waals surface area contributed by atoms with Crippen LogP contribution in [-0.4, -0.2) is 37.8 Å². The first-order chi connectivity index (χ1) is 14.2. The van der Waals surface area contributed by atoms with Gasteiger partial charge in [-0.15, -0.1) is 0 Å². The minimum absolute atomic E-state index is 0.227. The number of pyridine rings is 1. The number of aryl methyl sites for hydroxylation is 1. The standard InChI is InChI=1S/C21H21FN6O/c22-18-6-1-5-17(12-18)19-20(25-14-16-4-2-7-23-13-16)26-21(29)28(19)10-3-9-27-11-8-24-15-27/h1-2,4-8,11-13,15,19H,3,9-10,14H2,(H,25,26,29). The zero-order valence-electron chi connectivity index (χ0n) is 15.8. The Kier molecular flexibility index (Phi) is 5.60. The third-order valence-electron chi connectivity index (χ3n) is 4.76. The van der Waals surface area contributed by atoms with Crippen LogP contribution >= 0.6 is 0 Å². The fourth-order valence-corrected chi connectivity index (χ4v) is 3.40. The van der Waals surface area contributed by atoms with Crippen molar-refractivity contribution in [3.63, 3.8) is 0 Å². The molecular formula is C21H21FN6O. The van der Waals surface area contributed by atoms with Gasteiger partial charge in [0.1, 0.15) is 17.7 Å². The molecule has 1 atom stereocenters. The number of aliphatic imine (C=N–C) groups is 1. The van der Waals surface area contributed by atoms with E-state index in [1.54, 1.807) is 35.9 Å². The van der Waals surface area contributed by atoms with Crippen LogP contribution in [0.5, 0.6) is 0 Å². The summed E-state index contributed by atoms with van der Waals surface area (Å²) in [6, 6.07) is 9.40. The smallest absolute Gasteiger partial charge is 0.323 e. The van der Waals surface area contributed by atoms with Crippen LogP contribution in [0.25, 0.3) is 0 Å². The first-order valence-electron chi connectivity index (χ1n) is 9.43. The topological polar surface area (TPSA) is 75.4 Å². The van der Waals surface area contributed by atoms with Gasteiger partial charge in [-0.3, -0.25) is 15.3 Å². The molecule has 8 heteroatoms. The molecule has 1 N–H and O–H groups in total. The first kappa shape index (κ1) is 18.8. The predicted octanol–water partition coefficient (Wildman–Crippen LogP) is 3.17. The number of imidazole rings is 1. The fraction of sp³-hybridized carbons (Fsp3) is 0.238. The van der Waals surface area contributed by atoms with Gasteiger partial charge in [-0.1, -0.05) is 18.2 Å². The maximum absolute atomic E-state index is 13.9. The number of urea groups is 1. The highest BCUT2D eigenvalue weighted by Gasteiger charge is 2.37. The molecule has 1 saturated heterocycles. The Morgan fingerprint density at radius 2 is 2.07 bits per heavy atom. The third-order valence-corrected chi connectivity index (χ3v) is 4.76. The van der Waals surface area contributed by atoms with Gasteiger partial charge in [-0.05, 0) is 35.7 Å². The maximum Gasteiger partial charge on any atom is 0.323 e. The molecule has 0 saturated carbocycles. The first-order valence-corrected chi connectivity index (χ1v) is 9.43. The van der Waals surface area contributed by atoms with Crippen LogP contribution in [-0.2, 0) is 13.1 Å². The zero-order valence-corrected chi connectivity index (χ0v) is 15.8. The van der Waals surface area contributed by atoms with Crippen LogP contribution in [0.3, 0.4) is 0 Å². The van der Waals surface area contributed by atoms with Crippen molar-refractivity contribution in [1.29, 1.82) is 0 Å². The van der Waals surface area contributed by atoms with Gasteiger partial charge in [0.25, 0.3) is 0 Å². The van der Waals surface area contributed by atoms with E-state index < -0.39 is 6.04 Å². The summed E-state index contributed by atoms with van der Waals surface area (Å²) in [5.41, 5.74) is 1.63. The van der Waals surface area contributed by atoms with E-state index >= 15 is 0 Å². The van der Waals surface area contributed by atoms with Crippen LogP contribution < -0.4 is 5.32 Å². The second-order valence-corrected chi connectivity index (χ2v) is 6.80. The molecule has 148 valence electrons. The van der Waals surface area contributed by atoms with E-state index in [1.165, 1.54) is 12.1 Å². The summed E-state index contributed by atoms with van der Waals surface area (Å²) >= 11 is 0. The largest absolute Gasteiger partial charge is 0.337 e. The summed E-state index contributed by atoms with van der Waals surface area (Å²) in [4.78, 5) is 27.1. The quantitative estimate of drug-likeness (QED) is 0.671. The van der Waals surface area contributed by atoms with Crippen LogP contribution in [0.2, 0.25) is 0 Å². The third kappa shape index (κ3) is 4.48. The number of benzene rings is 1. The Balaban J connectivity index is 1.56. The zero-order chi connectivity index (χ0) is 20.1. The molecule has 0 spiro atoms. The van der Waals surface area contributed by atoms with Crippen molar-refractivity contribution in [2.24, 2.45) is 4.99 Å². The molecule has 7 nitrogen and oxygen atoms in total. The molecule has 1 unspecified atom stereocenters. The van der Waals surface area contributed by atoms with Gasteiger partial charge in [-0.25, -0.2) is 14.2 Å². The summed E-state index contributed by atoms with van der Waals surface area (Å²) in [7, 11) is 0. The molecular weight excluding hydrogens is 371 g/mol. The molecule has 1 aromatic carbocycles. The number of hydrogen-bond donors (Lipinski definition) is 1. The maximum atomic E-state index is 13.9. The van der Waals surface area contributed by atoms with Crippen molar-refractivity contribution in [1.82, 2.24) is 24.8 Å². The summed E-state index contributed by atoms with van der Waals surface area (Å²) in [5.74, 6) is 0.180. The van der Waals surface area contributed by atoms with Gasteiger partial charge in [0.2, 0.25) is 0 Å². The molecule has 29 heavy (non-hydrogen) atoms. The lowest BCUT2D eigenvalue weighted by Gasteiger charge is -2.23. The number of carbonyl (C=O) groups excluding carboxylic acids is 1. The van der Waals surface area contributed by atoms with Crippen LogP contribution in [0.1, 0.15) is 23.6 Å². The van der Waals surface area contributed by atoms with Gasteiger partial charge in [0.15, 0.2) is 0 Å². The van der Waals surface area contributed by atoms with E-state index in [-0.39, 0.29) is 11.8 Å². The Labute approximate surface area is 167 Å². The van der Waals surface area contributed by atoms with Crippen molar-refractivity contribution in [3.05, 3.63) is 84.5 Å². The number of aromatic nitrogens is 3. The van der Waals surface area contributed by atoms with E-state index in [4.69, 9.17) is 0 Å². The highest BCUT2D eigenvalue weighted by atomic mass is 19.1. The monoisotopic (exact) mass is 392 g/mol. The fourth-order valence-electron chi connectivity index (χ4n) is 3.40. The van der Waals surface area contributed by atoms with E-state index in [0.717, 1.165) is 18.5 Å². The molecule has 3 aromatic rings. The van der Waals surface area contributed by atoms with Crippen LogP contribution in [0.4, 0.5) is 9.18 Å². The van der Waals surface area contributed by atoms with Crippen molar-refractivity contribution < 1.29 is 9.18 Å². The molecule has 1 fully saturated rings. The molecule has 0 bridgehead atoms. The molecule has 1 aliphatic heterocycles. The highest BCUT2D eigenvalue weighted by Crippen LogP contribution is 2.28. The van der Waals surface area contributed by atoms with Gasteiger partial charge >= 0.3 is 6.03 Å². The van der Waals surface area contributed by atoms with E-state index in [0.29, 0.717) is 24.5 Å². The Morgan fingerprint density at radius 3 is 2.83 bits per heavy atom. The van der Waals surface area contributed by atoms with Crippen molar-refractivity contribution >= 4 is 11.9 Å². The lowest BCUT2D eigenvalue weighted by Crippen LogP contribution is -2.31. The number of amides is 2. The molecule has 2 amide bonds. The average molecular weight is 392 g/mol.